The normalized spacial score (nSPS) is 12.9. The van der Waals surface area contributed by atoms with Crippen LogP contribution in [-0.2, 0) is 4.79 Å². The quantitative estimate of drug-likeness (QED) is 0.754. The average molecular weight is 191 g/mol. The first-order chi connectivity index (χ1) is 6.70. The summed E-state index contributed by atoms with van der Waals surface area (Å²) in [6, 6.07) is 6.17. The molecule has 1 atom stereocenters. The number of nitrogens with two attached hydrogens (primary N) is 1. The monoisotopic (exact) mass is 191 g/mol. The van der Waals surface area contributed by atoms with Crippen LogP contribution in [0.1, 0.15) is 11.6 Å². The zero-order chi connectivity index (χ0) is 10.1. The van der Waals surface area contributed by atoms with Crippen LogP contribution in [0.5, 0.6) is 0 Å². The number of para-hydroxylation sites is 1. The molecule has 0 aliphatic carbocycles. The zero-order valence-electron chi connectivity index (χ0n) is 7.31. The highest BCUT2D eigenvalue weighted by Crippen LogP contribution is 2.24. The highest BCUT2D eigenvalue weighted by atomic mass is 16.4. The van der Waals surface area contributed by atoms with E-state index < -0.39 is 12.0 Å². The molecule has 1 aromatic carbocycles. The molecular formula is C10H9NO3. The summed E-state index contributed by atoms with van der Waals surface area (Å²) < 4.78 is 5.18. The predicted octanol–water partition coefficient (Wildman–Crippen LogP) is 1.52. The standard InChI is InChI=1S/C10H9NO3/c11-9(10(12)13)7-5-14-8-4-2-1-3-6(7)8/h1-5,9H,11H2,(H,12,13). The fourth-order valence-corrected chi connectivity index (χ4v) is 1.37. The molecule has 0 radical (unpaired) electrons. The molecule has 1 heterocycles. The Morgan fingerprint density at radius 3 is 2.86 bits per heavy atom. The molecule has 72 valence electrons. The lowest BCUT2D eigenvalue weighted by Crippen LogP contribution is -2.20. The van der Waals surface area contributed by atoms with Crippen LogP contribution in [0.2, 0.25) is 0 Å². The maximum atomic E-state index is 10.7. The van der Waals surface area contributed by atoms with E-state index in [4.69, 9.17) is 15.3 Å². The molecule has 0 amide bonds. The minimum Gasteiger partial charge on any atom is -0.480 e. The van der Waals surface area contributed by atoms with Gasteiger partial charge >= 0.3 is 5.97 Å². The van der Waals surface area contributed by atoms with Crippen molar-refractivity contribution in [3.8, 4) is 0 Å². The van der Waals surface area contributed by atoms with Gasteiger partial charge in [0.25, 0.3) is 0 Å². The Morgan fingerprint density at radius 2 is 2.14 bits per heavy atom. The molecule has 14 heavy (non-hydrogen) atoms. The number of aliphatic carboxylic acids is 1. The van der Waals surface area contributed by atoms with Crippen molar-refractivity contribution in [2.75, 3.05) is 0 Å². The van der Waals surface area contributed by atoms with Gasteiger partial charge in [0.1, 0.15) is 11.6 Å². The molecular weight excluding hydrogens is 182 g/mol. The van der Waals surface area contributed by atoms with Gasteiger partial charge in [0.05, 0.1) is 6.26 Å². The smallest absolute Gasteiger partial charge is 0.325 e. The average Bonchev–Trinajstić information content (AvgIpc) is 2.60. The van der Waals surface area contributed by atoms with E-state index in [9.17, 15) is 4.79 Å². The number of hydrogen-bond acceptors (Lipinski definition) is 3. The largest absolute Gasteiger partial charge is 0.480 e. The molecule has 4 heteroatoms. The summed E-state index contributed by atoms with van der Waals surface area (Å²) in [6.07, 6.45) is 1.39. The lowest BCUT2D eigenvalue weighted by Gasteiger charge is -2.02. The SMILES string of the molecule is NC(C(=O)O)c1coc2ccccc12. The third kappa shape index (κ3) is 1.25. The van der Waals surface area contributed by atoms with E-state index in [1.807, 2.05) is 12.1 Å². The molecule has 1 unspecified atom stereocenters. The Labute approximate surface area is 79.9 Å². The minimum atomic E-state index is -1.06. The van der Waals surface area contributed by atoms with Crippen molar-refractivity contribution < 1.29 is 14.3 Å². The highest BCUT2D eigenvalue weighted by Gasteiger charge is 2.18. The molecule has 0 fully saturated rings. The van der Waals surface area contributed by atoms with Crippen molar-refractivity contribution in [3.05, 3.63) is 36.1 Å². The van der Waals surface area contributed by atoms with Crippen LogP contribution in [0.4, 0.5) is 0 Å². The van der Waals surface area contributed by atoms with E-state index in [1.54, 1.807) is 12.1 Å². The van der Waals surface area contributed by atoms with Gasteiger partial charge in [-0.2, -0.15) is 0 Å². The van der Waals surface area contributed by atoms with Crippen LogP contribution in [0, 0.1) is 0 Å². The lowest BCUT2D eigenvalue weighted by molar-refractivity contribution is -0.138. The third-order valence-electron chi connectivity index (χ3n) is 2.11. The summed E-state index contributed by atoms with van der Waals surface area (Å²) in [5.74, 6) is -1.06. The molecule has 2 rings (SSSR count). The first kappa shape index (κ1) is 8.77. The lowest BCUT2D eigenvalue weighted by atomic mass is 10.1. The molecule has 0 aliphatic heterocycles. The van der Waals surface area contributed by atoms with E-state index in [0.717, 1.165) is 5.39 Å². The number of carbonyl (C=O) groups is 1. The van der Waals surface area contributed by atoms with Crippen molar-refractivity contribution in [2.45, 2.75) is 6.04 Å². The van der Waals surface area contributed by atoms with Gasteiger partial charge in [0.15, 0.2) is 0 Å². The van der Waals surface area contributed by atoms with Gasteiger partial charge in [-0.15, -0.1) is 0 Å². The topological polar surface area (TPSA) is 76.5 Å². The summed E-state index contributed by atoms with van der Waals surface area (Å²) in [5, 5.41) is 9.50. The number of rotatable bonds is 2. The molecule has 2 aromatic rings. The van der Waals surface area contributed by atoms with Crippen LogP contribution in [0.3, 0.4) is 0 Å². The molecule has 4 nitrogen and oxygen atoms in total. The van der Waals surface area contributed by atoms with Crippen LogP contribution in [-0.4, -0.2) is 11.1 Å². The van der Waals surface area contributed by atoms with Crippen LogP contribution in [0.25, 0.3) is 11.0 Å². The van der Waals surface area contributed by atoms with Crippen molar-refractivity contribution >= 4 is 16.9 Å². The van der Waals surface area contributed by atoms with Crippen LogP contribution < -0.4 is 5.73 Å². The number of benzene rings is 1. The van der Waals surface area contributed by atoms with E-state index in [0.29, 0.717) is 11.1 Å². The summed E-state index contributed by atoms with van der Waals surface area (Å²) in [6.45, 7) is 0. The fraction of sp³-hybridized carbons (Fsp3) is 0.100. The molecule has 0 spiro atoms. The van der Waals surface area contributed by atoms with Gasteiger partial charge in [-0.25, -0.2) is 0 Å². The number of hydrogen-bond donors (Lipinski definition) is 2. The zero-order valence-corrected chi connectivity index (χ0v) is 7.31. The molecule has 0 saturated heterocycles. The minimum absolute atomic E-state index is 0.508. The Hall–Kier alpha value is -1.81. The summed E-state index contributed by atoms with van der Waals surface area (Å²) in [7, 11) is 0. The Kier molecular flexibility index (Phi) is 1.98. The highest BCUT2D eigenvalue weighted by molar-refractivity contribution is 5.87. The van der Waals surface area contributed by atoms with Crippen molar-refractivity contribution in [2.24, 2.45) is 5.73 Å². The third-order valence-corrected chi connectivity index (χ3v) is 2.11. The summed E-state index contributed by atoms with van der Waals surface area (Å²) in [4.78, 5) is 10.7. The van der Waals surface area contributed by atoms with Crippen LogP contribution >= 0.6 is 0 Å². The molecule has 1 aromatic heterocycles. The maximum Gasteiger partial charge on any atom is 0.325 e. The first-order valence-electron chi connectivity index (χ1n) is 4.14. The van der Waals surface area contributed by atoms with E-state index in [-0.39, 0.29) is 0 Å². The second-order valence-electron chi connectivity index (χ2n) is 3.00. The molecule has 0 saturated carbocycles. The molecule has 0 aliphatic rings. The molecule has 0 bridgehead atoms. The Balaban J connectivity index is 2.58. The Bertz CT molecular complexity index is 475. The molecule has 3 N–H and O–H groups in total. The summed E-state index contributed by atoms with van der Waals surface area (Å²) >= 11 is 0. The fourth-order valence-electron chi connectivity index (χ4n) is 1.37. The van der Waals surface area contributed by atoms with Crippen LogP contribution in [0.15, 0.2) is 34.9 Å². The van der Waals surface area contributed by atoms with Crippen molar-refractivity contribution in [3.63, 3.8) is 0 Å². The number of furan rings is 1. The summed E-state index contributed by atoms with van der Waals surface area (Å²) in [5.41, 5.74) is 6.65. The van der Waals surface area contributed by atoms with Gasteiger partial charge < -0.3 is 15.3 Å². The van der Waals surface area contributed by atoms with Gasteiger partial charge in [-0.3, -0.25) is 4.79 Å². The van der Waals surface area contributed by atoms with Gasteiger partial charge in [-0.1, -0.05) is 18.2 Å². The van der Waals surface area contributed by atoms with E-state index in [2.05, 4.69) is 0 Å². The number of carboxylic acid groups (broad SMARTS) is 1. The van der Waals surface area contributed by atoms with E-state index >= 15 is 0 Å². The van der Waals surface area contributed by atoms with Gasteiger partial charge in [0.2, 0.25) is 0 Å². The van der Waals surface area contributed by atoms with E-state index in [1.165, 1.54) is 6.26 Å². The first-order valence-corrected chi connectivity index (χ1v) is 4.14. The van der Waals surface area contributed by atoms with Gasteiger partial charge in [0, 0.05) is 10.9 Å². The second kappa shape index (κ2) is 3.16. The van der Waals surface area contributed by atoms with Crippen molar-refractivity contribution in [1.82, 2.24) is 0 Å². The number of carboxylic acids is 1. The Morgan fingerprint density at radius 1 is 1.43 bits per heavy atom. The van der Waals surface area contributed by atoms with Gasteiger partial charge in [-0.05, 0) is 6.07 Å². The predicted molar refractivity (Wildman–Crippen MR) is 50.8 cm³/mol. The van der Waals surface area contributed by atoms with Crippen molar-refractivity contribution in [1.29, 1.82) is 0 Å². The second-order valence-corrected chi connectivity index (χ2v) is 3.00. The number of fused-ring (bicyclic) bond motifs is 1. The maximum absolute atomic E-state index is 10.7.